The zero-order chi connectivity index (χ0) is 11.1. The third-order valence-corrected chi connectivity index (χ3v) is 3.94. The number of piperidine rings is 1. The molecule has 0 bridgehead atoms. The molecule has 1 unspecified atom stereocenters. The summed E-state index contributed by atoms with van der Waals surface area (Å²) in [7, 11) is 0. The van der Waals surface area contributed by atoms with Crippen LogP contribution < -0.4 is 10.6 Å². The summed E-state index contributed by atoms with van der Waals surface area (Å²) < 4.78 is 0. The maximum atomic E-state index is 3.73. The van der Waals surface area contributed by atoms with Gasteiger partial charge in [0.15, 0.2) is 0 Å². The average Bonchev–Trinajstić information content (AvgIpc) is 2.29. The molecule has 15 heavy (non-hydrogen) atoms. The van der Waals surface area contributed by atoms with Crippen LogP contribution >= 0.6 is 0 Å². The van der Waals surface area contributed by atoms with Crippen LogP contribution in [0.1, 0.15) is 46.5 Å². The molecule has 1 aliphatic rings. The highest BCUT2D eigenvalue weighted by Gasteiger charge is 2.16. The molecule has 0 spiro atoms. The van der Waals surface area contributed by atoms with Gasteiger partial charge in [-0.2, -0.15) is 0 Å². The van der Waals surface area contributed by atoms with Gasteiger partial charge >= 0.3 is 0 Å². The molecule has 90 valence electrons. The molecule has 1 atom stereocenters. The van der Waals surface area contributed by atoms with E-state index >= 15 is 0 Å². The van der Waals surface area contributed by atoms with Gasteiger partial charge in [0.1, 0.15) is 0 Å². The second-order valence-electron chi connectivity index (χ2n) is 4.97. The summed E-state index contributed by atoms with van der Waals surface area (Å²) in [5, 5.41) is 7.15. The van der Waals surface area contributed by atoms with E-state index in [-0.39, 0.29) is 0 Å². The molecule has 0 aliphatic carbocycles. The van der Waals surface area contributed by atoms with Crippen LogP contribution in [0, 0.1) is 11.8 Å². The van der Waals surface area contributed by atoms with Crippen molar-refractivity contribution in [2.45, 2.75) is 52.5 Å². The standard InChI is InChI=1S/C13H28N2/c1-4-13(5-2)11(3)15-10-12-6-8-14-9-7-12/h11-15H,4-10H2,1-3H3. The second kappa shape index (κ2) is 7.24. The van der Waals surface area contributed by atoms with E-state index in [2.05, 4.69) is 31.4 Å². The number of nitrogens with one attached hydrogen (secondary N) is 2. The van der Waals surface area contributed by atoms with E-state index in [4.69, 9.17) is 0 Å². The van der Waals surface area contributed by atoms with Gasteiger partial charge in [-0.25, -0.2) is 0 Å². The van der Waals surface area contributed by atoms with Crippen molar-refractivity contribution in [3.05, 3.63) is 0 Å². The molecule has 0 aromatic heterocycles. The first-order chi connectivity index (χ1) is 7.27. The minimum absolute atomic E-state index is 0.690. The van der Waals surface area contributed by atoms with Crippen LogP contribution in [0.15, 0.2) is 0 Å². The van der Waals surface area contributed by atoms with Crippen LogP contribution in [0.5, 0.6) is 0 Å². The molecule has 1 rings (SSSR count). The van der Waals surface area contributed by atoms with Crippen LogP contribution in [0.3, 0.4) is 0 Å². The number of hydrogen-bond donors (Lipinski definition) is 2. The van der Waals surface area contributed by atoms with E-state index in [1.807, 2.05) is 0 Å². The van der Waals surface area contributed by atoms with Gasteiger partial charge in [0.05, 0.1) is 0 Å². The quantitative estimate of drug-likeness (QED) is 0.706. The maximum absolute atomic E-state index is 3.73. The fourth-order valence-corrected chi connectivity index (χ4v) is 2.60. The van der Waals surface area contributed by atoms with Gasteiger partial charge in [-0.15, -0.1) is 0 Å². The van der Waals surface area contributed by atoms with Crippen molar-refractivity contribution in [3.8, 4) is 0 Å². The summed E-state index contributed by atoms with van der Waals surface area (Å²) in [6, 6.07) is 0.690. The van der Waals surface area contributed by atoms with Gasteiger partial charge in [0.2, 0.25) is 0 Å². The van der Waals surface area contributed by atoms with Gasteiger partial charge in [-0.1, -0.05) is 26.7 Å². The SMILES string of the molecule is CCC(CC)C(C)NCC1CCNCC1. The Morgan fingerprint density at radius 3 is 2.33 bits per heavy atom. The van der Waals surface area contributed by atoms with Crippen LogP contribution in [-0.2, 0) is 0 Å². The summed E-state index contributed by atoms with van der Waals surface area (Å²) in [5.74, 6) is 1.76. The van der Waals surface area contributed by atoms with Crippen molar-refractivity contribution < 1.29 is 0 Å². The Kier molecular flexibility index (Phi) is 6.26. The highest BCUT2D eigenvalue weighted by Crippen LogP contribution is 2.15. The van der Waals surface area contributed by atoms with E-state index < -0.39 is 0 Å². The topological polar surface area (TPSA) is 24.1 Å². The van der Waals surface area contributed by atoms with E-state index in [0.29, 0.717) is 6.04 Å². The zero-order valence-corrected chi connectivity index (χ0v) is 10.7. The molecular formula is C13H28N2. The van der Waals surface area contributed by atoms with Crippen molar-refractivity contribution in [1.82, 2.24) is 10.6 Å². The molecule has 0 radical (unpaired) electrons. The Labute approximate surface area is 95.2 Å². The summed E-state index contributed by atoms with van der Waals surface area (Å²) in [5.41, 5.74) is 0. The monoisotopic (exact) mass is 212 g/mol. The van der Waals surface area contributed by atoms with Crippen molar-refractivity contribution >= 4 is 0 Å². The molecular weight excluding hydrogens is 184 g/mol. The summed E-state index contributed by atoms with van der Waals surface area (Å²) in [4.78, 5) is 0. The number of rotatable bonds is 6. The van der Waals surface area contributed by atoms with Crippen LogP contribution in [0.25, 0.3) is 0 Å². The lowest BCUT2D eigenvalue weighted by Gasteiger charge is -2.27. The minimum Gasteiger partial charge on any atom is -0.317 e. The van der Waals surface area contributed by atoms with Crippen LogP contribution in [0.4, 0.5) is 0 Å². The molecule has 1 fully saturated rings. The van der Waals surface area contributed by atoms with Gasteiger partial charge in [0, 0.05) is 6.04 Å². The average molecular weight is 212 g/mol. The van der Waals surface area contributed by atoms with Gasteiger partial charge in [-0.05, 0) is 51.2 Å². The predicted molar refractivity (Wildman–Crippen MR) is 67.1 cm³/mol. The van der Waals surface area contributed by atoms with E-state index in [1.165, 1.54) is 45.3 Å². The van der Waals surface area contributed by atoms with Crippen LogP contribution in [0.2, 0.25) is 0 Å². The molecule has 2 nitrogen and oxygen atoms in total. The normalized spacial score (nSPS) is 20.8. The Bertz CT molecular complexity index is 149. The molecule has 0 saturated carbocycles. The van der Waals surface area contributed by atoms with Crippen molar-refractivity contribution in [1.29, 1.82) is 0 Å². The first-order valence-electron chi connectivity index (χ1n) is 6.72. The third kappa shape index (κ3) is 4.52. The first kappa shape index (κ1) is 13.0. The Hall–Kier alpha value is -0.0800. The Morgan fingerprint density at radius 1 is 1.20 bits per heavy atom. The lowest BCUT2D eigenvalue weighted by atomic mass is 9.93. The van der Waals surface area contributed by atoms with E-state index in [0.717, 1.165) is 11.8 Å². The third-order valence-electron chi connectivity index (χ3n) is 3.94. The highest BCUT2D eigenvalue weighted by molar-refractivity contribution is 4.75. The Balaban J connectivity index is 2.16. The highest BCUT2D eigenvalue weighted by atomic mass is 14.9. The van der Waals surface area contributed by atoms with Crippen LogP contribution in [-0.4, -0.2) is 25.7 Å². The maximum Gasteiger partial charge on any atom is 0.00669 e. The van der Waals surface area contributed by atoms with E-state index in [9.17, 15) is 0 Å². The molecule has 0 amide bonds. The lowest BCUT2D eigenvalue weighted by Crippen LogP contribution is -2.39. The largest absolute Gasteiger partial charge is 0.317 e. The van der Waals surface area contributed by atoms with Gasteiger partial charge in [-0.3, -0.25) is 0 Å². The predicted octanol–water partition coefficient (Wildman–Crippen LogP) is 2.40. The molecule has 1 heterocycles. The first-order valence-corrected chi connectivity index (χ1v) is 6.72. The van der Waals surface area contributed by atoms with Crippen molar-refractivity contribution in [3.63, 3.8) is 0 Å². The minimum atomic E-state index is 0.690. The molecule has 1 aliphatic heterocycles. The van der Waals surface area contributed by atoms with Gasteiger partial charge < -0.3 is 10.6 Å². The second-order valence-corrected chi connectivity index (χ2v) is 4.97. The Morgan fingerprint density at radius 2 is 1.80 bits per heavy atom. The fourth-order valence-electron chi connectivity index (χ4n) is 2.60. The molecule has 1 saturated heterocycles. The van der Waals surface area contributed by atoms with Crippen molar-refractivity contribution in [2.75, 3.05) is 19.6 Å². The molecule has 0 aromatic rings. The zero-order valence-electron chi connectivity index (χ0n) is 10.7. The van der Waals surface area contributed by atoms with Gasteiger partial charge in [0.25, 0.3) is 0 Å². The smallest absolute Gasteiger partial charge is 0.00669 e. The number of hydrogen-bond acceptors (Lipinski definition) is 2. The summed E-state index contributed by atoms with van der Waals surface area (Å²) in [6.45, 7) is 10.6. The lowest BCUT2D eigenvalue weighted by molar-refractivity contribution is 0.300. The molecule has 0 aromatic carbocycles. The van der Waals surface area contributed by atoms with Crippen molar-refractivity contribution in [2.24, 2.45) is 11.8 Å². The fraction of sp³-hybridized carbons (Fsp3) is 1.00. The summed E-state index contributed by atoms with van der Waals surface area (Å²) in [6.07, 6.45) is 5.30. The summed E-state index contributed by atoms with van der Waals surface area (Å²) >= 11 is 0. The molecule has 2 N–H and O–H groups in total. The van der Waals surface area contributed by atoms with E-state index in [1.54, 1.807) is 0 Å². The molecule has 2 heteroatoms.